The highest BCUT2D eigenvalue weighted by atomic mass is 32.1. The molecule has 0 aliphatic carbocycles. The van der Waals surface area contributed by atoms with Gasteiger partial charge in [0.25, 0.3) is 0 Å². The number of hydrazone groups is 1. The van der Waals surface area contributed by atoms with Crippen molar-refractivity contribution in [3.05, 3.63) is 23.8 Å². The Morgan fingerprint density at radius 1 is 1.62 bits per heavy atom. The van der Waals surface area contributed by atoms with Crippen LogP contribution in [0.3, 0.4) is 0 Å². The van der Waals surface area contributed by atoms with E-state index in [-0.39, 0.29) is 5.11 Å². The summed E-state index contributed by atoms with van der Waals surface area (Å²) in [6.45, 7) is 1.86. The first-order valence-electron chi connectivity index (χ1n) is 3.55. The fourth-order valence-electron chi connectivity index (χ4n) is 0.631. The van der Waals surface area contributed by atoms with Gasteiger partial charge in [-0.3, -0.25) is 15.4 Å². The summed E-state index contributed by atoms with van der Waals surface area (Å²) in [5.41, 5.74) is 9.08. The Morgan fingerprint density at radius 3 is 2.92 bits per heavy atom. The lowest BCUT2D eigenvalue weighted by molar-refractivity contribution is 1.03. The van der Waals surface area contributed by atoms with Crippen LogP contribution < -0.4 is 11.2 Å². The first-order valence-corrected chi connectivity index (χ1v) is 3.96. The van der Waals surface area contributed by atoms with Crippen LogP contribution in [0.15, 0.2) is 17.5 Å². The van der Waals surface area contributed by atoms with E-state index in [1.54, 1.807) is 12.4 Å². The molecule has 0 aliphatic heterocycles. The molecular weight excluding hydrogens is 186 g/mol. The zero-order valence-corrected chi connectivity index (χ0v) is 7.88. The van der Waals surface area contributed by atoms with Gasteiger partial charge in [-0.25, -0.2) is 0 Å². The Hall–Kier alpha value is -1.56. The molecule has 0 bridgehead atoms. The van der Waals surface area contributed by atoms with Gasteiger partial charge < -0.3 is 5.73 Å². The van der Waals surface area contributed by atoms with Crippen LogP contribution in [0.4, 0.5) is 0 Å². The van der Waals surface area contributed by atoms with Gasteiger partial charge in [0.2, 0.25) is 0 Å². The third-order valence-corrected chi connectivity index (χ3v) is 1.26. The molecule has 1 aromatic heterocycles. The molecule has 0 radical (unpaired) electrons. The summed E-state index contributed by atoms with van der Waals surface area (Å²) in [6.07, 6.45) is 4.76. The van der Waals surface area contributed by atoms with Gasteiger partial charge in [-0.05, 0) is 19.1 Å². The van der Waals surface area contributed by atoms with Crippen molar-refractivity contribution < 1.29 is 0 Å². The lowest BCUT2D eigenvalue weighted by Crippen LogP contribution is -2.24. The third-order valence-electron chi connectivity index (χ3n) is 1.17. The van der Waals surface area contributed by atoms with Gasteiger partial charge in [0, 0.05) is 6.20 Å². The predicted molar refractivity (Wildman–Crippen MR) is 54.3 cm³/mol. The summed E-state index contributed by atoms with van der Waals surface area (Å²) in [5, 5.41) is 3.85. The Kier molecular flexibility index (Phi) is 3.27. The summed E-state index contributed by atoms with van der Waals surface area (Å²) < 4.78 is 0. The maximum absolute atomic E-state index is 5.15. The number of thiocarbonyl (C=S) groups is 1. The van der Waals surface area contributed by atoms with E-state index in [0.29, 0.717) is 5.69 Å². The lowest BCUT2D eigenvalue weighted by Gasteiger charge is -1.94. The third kappa shape index (κ3) is 3.57. The number of nitrogens with two attached hydrogens (primary N) is 1. The standard InChI is InChI=1S/C7H9N5S/c1-5-2-10-6(3-9-5)4-11-12-7(8)13/h2-4H,1H3,(H3,8,12,13)/b11-4-. The van der Waals surface area contributed by atoms with Crippen LogP contribution >= 0.6 is 12.2 Å². The highest BCUT2D eigenvalue weighted by Gasteiger charge is 1.89. The molecular formula is C7H9N5S. The van der Waals surface area contributed by atoms with Gasteiger partial charge in [-0.15, -0.1) is 0 Å². The molecule has 6 heteroatoms. The summed E-state index contributed by atoms with van der Waals surface area (Å²) in [5.74, 6) is 0. The second-order valence-corrected chi connectivity index (χ2v) is 2.76. The molecule has 0 atom stereocenters. The minimum Gasteiger partial charge on any atom is -0.375 e. The van der Waals surface area contributed by atoms with Crippen LogP contribution in [0, 0.1) is 6.92 Å². The second kappa shape index (κ2) is 4.46. The topological polar surface area (TPSA) is 76.2 Å². The highest BCUT2D eigenvalue weighted by Crippen LogP contribution is 1.89. The van der Waals surface area contributed by atoms with Crippen molar-refractivity contribution in [2.45, 2.75) is 6.92 Å². The number of nitrogens with zero attached hydrogens (tertiary/aromatic N) is 3. The molecule has 1 aromatic rings. The molecule has 1 rings (SSSR count). The van der Waals surface area contributed by atoms with Crippen molar-refractivity contribution >= 4 is 23.5 Å². The SMILES string of the molecule is Cc1cnc(/C=N\NC(N)=S)cn1. The molecule has 0 aromatic carbocycles. The van der Waals surface area contributed by atoms with E-state index >= 15 is 0 Å². The van der Waals surface area contributed by atoms with Crippen LogP contribution in [0.1, 0.15) is 11.4 Å². The van der Waals surface area contributed by atoms with E-state index in [0.717, 1.165) is 5.69 Å². The zero-order chi connectivity index (χ0) is 9.68. The van der Waals surface area contributed by atoms with Gasteiger partial charge in [-0.2, -0.15) is 5.10 Å². The maximum atomic E-state index is 5.15. The van der Waals surface area contributed by atoms with Crippen LogP contribution in [0.25, 0.3) is 0 Å². The number of aromatic nitrogens is 2. The largest absolute Gasteiger partial charge is 0.375 e. The van der Waals surface area contributed by atoms with E-state index in [4.69, 9.17) is 5.73 Å². The van der Waals surface area contributed by atoms with Crippen molar-refractivity contribution in [3.63, 3.8) is 0 Å². The molecule has 5 nitrogen and oxygen atoms in total. The molecule has 0 fully saturated rings. The number of rotatable bonds is 2. The number of hydrogen-bond acceptors (Lipinski definition) is 4. The molecule has 0 saturated carbocycles. The monoisotopic (exact) mass is 195 g/mol. The summed E-state index contributed by atoms with van der Waals surface area (Å²) >= 11 is 4.55. The van der Waals surface area contributed by atoms with Gasteiger partial charge >= 0.3 is 0 Å². The van der Waals surface area contributed by atoms with Gasteiger partial charge in [0.15, 0.2) is 5.11 Å². The van der Waals surface area contributed by atoms with Crippen molar-refractivity contribution in [1.29, 1.82) is 0 Å². The Balaban J connectivity index is 2.59. The summed E-state index contributed by atoms with van der Waals surface area (Å²) in [4.78, 5) is 8.07. The minimum absolute atomic E-state index is 0.122. The van der Waals surface area contributed by atoms with Gasteiger partial charge in [-0.1, -0.05) is 0 Å². The Bertz CT molecular complexity index is 318. The van der Waals surface area contributed by atoms with Crippen LogP contribution in [-0.4, -0.2) is 21.3 Å². The molecule has 68 valence electrons. The number of nitrogens with one attached hydrogen (secondary N) is 1. The fraction of sp³-hybridized carbons (Fsp3) is 0.143. The van der Waals surface area contributed by atoms with Crippen molar-refractivity contribution in [1.82, 2.24) is 15.4 Å². The number of aryl methyl sites for hydroxylation is 1. The fourth-order valence-corrected chi connectivity index (χ4v) is 0.684. The first-order chi connectivity index (χ1) is 6.18. The Labute approximate surface area is 81.1 Å². The average molecular weight is 195 g/mol. The van der Waals surface area contributed by atoms with Crippen molar-refractivity contribution in [2.24, 2.45) is 10.8 Å². The molecule has 0 amide bonds. The zero-order valence-electron chi connectivity index (χ0n) is 7.06. The van der Waals surface area contributed by atoms with Gasteiger partial charge in [0.05, 0.1) is 18.1 Å². The van der Waals surface area contributed by atoms with Crippen LogP contribution in [-0.2, 0) is 0 Å². The quantitative estimate of drug-likeness (QED) is 0.393. The molecule has 0 unspecified atom stereocenters. The average Bonchev–Trinajstić information content (AvgIpc) is 2.08. The first kappa shape index (κ1) is 9.53. The molecule has 0 saturated heterocycles. The molecule has 3 N–H and O–H groups in total. The number of hydrogen-bond donors (Lipinski definition) is 2. The Morgan fingerprint density at radius 2 is 2.38 bits per heavy atom. The highest BCUT2D eigenvalue weighted by molar-refractivity contribution is 7.80. The molecule has 0 spiro atoms. The van der Waals surface area contributed by atoms with Crippen molar-refractivity contribution in [3.8, 4) is 0 Å². The normalized spacial score (nSPS) is 10.2. The second-order valence-electron chi connectivity index (χ2n) is 2.32. The summed E-state index contributed by atoms with van der Waals surface area (Å²) in [6, 6.07) is 0. The van der Waals surface area contributed by atoms with E-state index in [9.17, 15) is 0 Å². The van der Waals surface area contributed by atoms with E-state index < -0.39 is 0 Å². The van der Waals surface area contributed by atoms with Gasteiger partial charge in [0.1, 0.15) is 5.69 Å². The van der Waals surface area contributed by atoms with E-state index in [1.165, 1.54) is 6.21 Å². The molecule has 13 heavy (non-hydrogen) atoms. The predicted octanol–water partition coefficient (Wildman–Crippen LogP) is -0.0479. The smallest absolute Gasteiger partial charge is 0.184 e. The maximum Gasteiger partial charge on any atom is 0.184 e. The van der Waals surface area contributed by atoms with Crippen molar-refractivity contribution in [2.75, 3.05) is 0 Å². The minimum atomic E-state index is 0.122. The van der Waals surface area contributed by atoms with E-state index in [1.807, 2.05) is 6.92 Å². The molecule has 1 heterocycles. The lowest BCUT2D eigenvalue weighted by atomic mass is 10.4. The van der Waals surface area contributed by atoms with Crippen LogP contribution in [0.2, 0.25) is 0 Å². The van der Waals surface area contributed by atoms with E-state index in [2.05, 4.69) is 32.7 Å². The summed E-state index contributed by atoms with van der Waals surface area (Å²) in [7, 11) is 0. The van der Waals surface area contributed by atoms with Crippen LogP contribution in [0.5, 0.6) is 0 Å². The molecule has 0 aliphatic rings.